The molecule has 1 aromatic heterocycles. The van der Waals surface area contributed by atoms with Crippen molar-refractivity contribution < 1.29 is 27.8 Å². The Balaban J connectivity index is 1.69. The van der Waals surface area contributed by atoms with Gasteiger partial charge in [-0.15, -0.1) is 0 Å². The lowest BCUT2D eigenvalue weighted by atomic mass is 10.1. The molecule has 0 N–H and O–H groups in total. The second kappa shape index (κ2) is 13.0. The number of halogens is 2. The summed E-state index contributed by atoms with van der Waals surface area (Å²) in [5.74, 6) is -0.834. The third-order valence-corrected chi connectivity index (χ3v) is 6.93. The first-order valence-electron chi connectivity index (χ1n) is 14.2. The normalized spacial score (nSPS) is 11.1. The molecule has 1 heterocycles. The molecular formula is C35H32F2N2O5. The van der Waals surface area contributed by atoms with E-state index in [1.54, 1.807) is 47.9 Å². The number of aromatic nitrogens is 1. The van der Waals surface area contributed by atoms with Crippen LogP contribution in [-0.4, -0.2) is 30.2 Å². The van der Waals surface area contributed by atoms with E-state index in [4.69, 9.17) is 14.2 Å². The van der Waals surface area contributed by atoms with Crippen molar-refractivity contribution in [2.75, 3.05) is 18.6 Å². The fraction of sp³-hybridized carbons (Fsp3) is 0.200. The van der Waals surface area contributed by atoms with Gasteiger partial charge >= 0.3 is 0 Å². The highest BCUT2D eigenvalue weighted by Gasteiger charge is 2.24. The number of carbonyl (C=O) groups is 1. The van der Waals surface area contributed by atoms with Gasteiger partial charge in [-0.2, -0.15) is 0 Å². The Hall–Kier alpha value is -5.18. The van der Waals surface area contributed by atoms with Gasteiger partial charge in [0.05, 0.1) is 24.4 Å². The lowest BCUT2D eigenvalue weighted by molar-refractivity contribution is 0.0987. The Labute approximate surface area is 253 Å². The van der Waals surface area contributed by atoms with Crippen LogP contribution in [0.2, 0.25) is 0 Å². The quantitative estimate of drug-likeness (QED) is 0.169. The van der Waals surface area contributed by atoms with Crippen LogP contribution in [-0.2, 0) is 6.61 Å². The Morgan fingerprint density at radius 2 is 1.59 bits per heavy atom. The molecule has 0 bridgehead atoms. The molecule has 0 aliphatic rings. The Morgan fingerprint density at radius 3 is 2.25 bits per heavy atom. The van der Waals surface area contributed by atoms with E-state index in [1.807, 2.05) is 44.2 Å². The van der Waals surface area contributed by atoms with Crippen molar-refractivity contribution in [2.45, 2.75) is 33.5 Å². The van der Waals surface area contributed by atoms with Crippen molar-refractivity contribution in [2.24, 2.45) is 0 Å². The maximum atomic E-state index is 14.1. The third kappa shape index (κ3) is 6.57. The summed E-state index contributed by atoms with van der Waals surface area (Å²) in [6.07, 6.45) is 1.31. The van der Waals surface area contributed by atoms with Crippen molar-refractivity contribution in [3.8, 4) is 22.9 Å². The van der Waals surface area contributed by atoms with Gasteiger partial charge in [-0.05, 0) is 50.6 Å². The van der Waals surface area contributed by atoms with Gasteiger partial charge in [0.15, 0.2) is 0 Å². The molecule has 1 amide bonds. The molecule has 0 aliphatic heterocycles. The summed E-state index contributed by atoms with van der Waals surface area (Å²) < 4.78 is 47.4. The fourth-order valence-corrected chi connectivity index (χ4v) is 4.94. The standard InChI is InChI=1S/C35H32F2N2O5/c1-5-38(26-14-24(36)13-25(37)15-26)35(41)32-20-39(27-16-29(42-4)18-30(17-27)44-22(2)3)33-19-28(11-12-31(33)34(32)40)43-21-23-9-7-6-8-10-23/h6-20,22H,5,21H2,1-4H3. The highest BCUT2D eigenvalue weighted by molar-refractivity contribution is 6.07. The van der Waals surface area contributed by atoms with E-state index in [1.165, 1.54) is 13.3 Å². The van der Waals surface area contributed by atoms with Crippen LogP contribution in [0.4, 0.5) is 14.5 Å². The molecule has 0 saturated heterocycles. The van der Waals surface area contributed by atoms with Crippen molar-refractivity contribution in [1.82, 2.24) is 4.57 Å². The molecule has 0 spiro atoms. The lowest BCUT2D eigenvalue weighted by Gasteiger charge is -2.23. The smallest absolute Gasteiger partial charge is 0.263 e. The summed E-state index contributed by atoms with van der Waals surface area (Å²) in [4.78, 5) is 28.9. The number of hydrogen-bond donors (Lipinski definition) is 0. The third-order valence-electron chi connectivity index (χ3n) is 6.93. The Kier molecular flexibility index (Phi) is 8.94. The number of carbonyl (C=O) groups excluding carboxylic acids is 1. The number of anilines is 1. The monoisotopic (exact) mass is 598 g/mol. The zero-order valence-electron chi connectivity index (χ0n) is 24.8. The predicted molar refractivity (Wildman–Crippen MR) is 166 cm³/mol. The first-order valence-corrected chi connectivity index (χ1v) is 14.2. The Morgan fingerprint density at radius 1 is 0.886 bits per heavy atom. The summed E-state index contributed by atoms with van der Waals surface area (Å²) in [6.45, 7) is 5.84. The maximum absolute atomic E-state index is 14.1. The minimum Gasteiger partial charge on any atom is -0.497 e. The number of rotatable bonds is 10. The average molecular weight is 599 g/mol. The molecule has 0 radical (unpaired) electrons. The van der Waals surface area contributed by atoms with Crippen LogP contribution in [0, 0.1) is 11.6 Å². The van der Waals surface area contributed by atoms with E-state index in [9.17, 15) is 18.4 Å². The summed E-state index contributed by atoms with van der Waals surface area (Å²) in [5.41, 5.74) is 1.28. The van der Waals surface area contributed by atoms with Gasteiger partial charge in [-0.3, -0.25) is 9.59 Å². The topological polar surface area (TPSA) is 70.0 Å². The Bertz CT molecular complexity index is 1850. The van der Waals surface area contributed by atoms with Gasteiger partial charge in [-0.1, -0.05) is 30.3 Å². The van der Waals surface area contributed by atoms with Gasteiger partial charge in [0.1, 0.15) is 41.1 Å². The van der Waals surface area contributed by atoms with Crippen LogP contribution in [0.3, 0.4) is 0 Å². The molecule has 5 rings (SSSR count). The number of nitrogens with zero attached hydrogens (tertiary/aromatic N) is 2. The van der Waals surface area contributed by atoms with E-state index >= 15 is 0 Å². The van der Waals surface area contributed by atoms with Crippen LogP contribution >= 0.6 is 0 Å². The SMILES string of the molecule is CCN(C(=O)c1cn(-c2cc(OC)cc(OC(C)C)c2)c2cc(OCc3ccccc3)ccc2c1=O)c1cc(F)cc(F)c1. The van der Waals surface area contributed by atoms with E-state index in [2.05, 4.69) is 0 Å². The average Bonchev–Trinajstić information content (AvgIpc) is 3.00. The highest BCUT2D eigenvalue weighted by Crippen LogP contribution is 2.30. The molecule has 226 valence electrons. The fourth-order valence-electron chi connectivity index (χ4n) is 4.94. The summed E-state index contributed by atoms with van der Waals surface area (Å²) in [5, 5.41) is 0.249. The largest absolute Gasteiger partial charge is 0.497 e. The van der Waals surface area contributed by atoms with E-state index in [-0.39, 0.29) is 29.3 Å². The van der Waals surface area contributed by atoms with E-state index in [0.29, 0.717) is 35.1 Å². The number of amides is 1. The molecule has 0 unspecified atom stereocenters. The number of hydrogen-bond acceptors (Lipinski definition) is 5. The summed E-state index contributed by atoms with van der Waals surface area (Å²) in [6, 6.07) is 22.8. The molecule has 44 heavy (non-hydrogen) atoms. The number of pyridine rings is 1. The van der Waals surface area contributed by atoms with Crippen LogP contribution in [0.5, 0.6) is 17.2 Å². The van der Waals surface area contributed by atoms with E-state index < -0.39 is 23.0 Å². The van der Waals surface area contributed by atoms with E-state index in [0.717, 1.165) is 28.7 Å². The molecule has 0 fully saturated rings. The predicted octanol–water partition coefficient (Wildman–Crippen LogP) is 7.31. The minimum atomic E-state index is -0.834. The first-order chi connectivity index (χ1) is 21.2. The zero-order valence-corrected chi connectivity index (χ0v) is 24.8. The number of ether oxygens (including phenoxy) is 3. The van der Waals surface area contributed by atoms with Crippen molar-refractivity contribution >= 4 is 22.5 Å². The molecule has 0 saturated carbocycles. The van der Waals surface area contributed by atoms with Crippen LogP contribution in [0.1, 0.15) is 36.7 Å². The molecule has 9 heteroatoms. The number of fused-ring (bicyclic) bond motifs is 1. The second-order valence-electron chi connectivity index (χ2n) is 10.4. The molecule has 0 aliphatic carbocycles. The second-order valence-corrected chi connectivity index (χ2v) is 10.4. The van der Waals surface area contributed by atoms with Gasteiger partial charge in [0.2, 0.25) is 5.43 Å². The maximum Gasteiger partial charge on any atom is 0.263 e. The molecular weight excluding hydrogens is 566 g/mol. The van der Waals surface area contributed by atoms with Crippen molar-refractivity contribution in [3.05, 3.63) is 124 Å². The molecule has 5 aromatic rings. The highest BCUT2D eigenvalue weighted by atomic mass is 19.1. The molecule has 0 atom stereocenters. The summed E-state index contributed by atoms with van der Waals surface area (Å²) >= 11 is 0. The van der Waals surface area contributed by atoms with Gasteiger partial charge in [0, 0.05) is 54.1 Å². The van der Waals surface area contributed by atoms with Crippen LogP contribution < -0.4 is 24.5 Å². The van der Waals surface area contributed by atoms with Crippen LogP contribution in [0.25, 0.3) is 16.6 Å². The van der Waals surface area contributed by atoms with Gasteiger partial charge in [0.25, 0.3) is 5.91 Å². The van der Waals surface area contributed by atoms with Crippen molar-refractivity contribution in [1.29, 1.82) is 0 Å². The van der Waals surface area contributed by atoms with Crippen LogP contribution in [0.15, 0.2) is 95.9 Å². The minimum absolute atomic E-state index is 0.000271. The molecule has 7 nitrogen and oxygen atoms in total. The van der Waals surface area contributed by atoms with Gasteiger partial charge in [-0.25, -0.2) is 8.78 Å². The number of methoxy groups -OCH3 is 1. The molecule has 4 aromatic carbocycles. The zero-order chi connectivity index (χ0) is 31.4. The van der Waals surface area contributed by atoms with Gasteiger partial charge < -0.3 is 23.7 Å². The lowest BCUT2D eigenvalue weighted by Crippen LogP contribution is -2.35. The number of benzene rings is 4. The first kappa shape index (κ1) is 30.3. The summed E-state index contributed by atoms with van der Waals surface area (Å²) in [7, 11) is 1.53. The van der Waals surface area contributed by atoms with Crippen molar-refractivity contribution in [3.63, 3.8) is 0 Å².